The van der Waals surface area contributed by atoms with Crippen LogP contribution in [0.2, 0.25) is 0 Å². The van der Waals surface area contributed by atoms with Crippen molar-refractivity contribution in [1.29, 1.82) is 0 Å². The molecule has 0 bridgehead atoms. The van der Waals surface area contributed by atoms with Crippen LogP contribution in [-0.4, -0.2) is 42.4 Å². The molecule has 0 aliphatic carbocycles. The molecule has 2 unspecified atom stereocenters. The maximum Gasteiger partial charge on any atom is 0.225 e. The highest BCUT2D eigenvalue weighted by molar-refractivity contribution is 5.47. The molecule has 6 heteroatoms. The molecule has 0 saturated carbocycles. The third-order valence-electron chi connectivity index (χ3n) is 3.15. The van der Waals surface area contributed by atoms with Gasteiger partial charge in [-0.2, -0.15) is 9.97 Å². The summed E-state index contributed by atoms with van der Waals surface area (Å²) in [5.74, 6) is 1.53. The fraction of sp³-hybridized carbons (Fsp3) is 0.667. The Bertz CT molecular complexity index is 413. The van der Waals surface area contributed by atoms with E-state index in [-0.39, 0.29) is 12.1 Å². The van der Waals surface area contributed by atoms with Crippen molar-refractivity contribution in [3.8, 4) is 5.88 Å². The average molecular weight is 252 g/mol. The molecule has 2 atom stereocenters. The molecule has 0 spiro atoms. The number of rotatable bonds is 3. The van der Waals surface area contributed by atoms with Crippen molar-refractivity contribution in [3.05, 3.63) is 6.07 Å². The highest BCUT2D eigenvalue weighted by Gasteiger charge is 2.27. The summed E-state index contributed by atoms with van der Waals surface area (Å²) in [7, 11) is 1.57. The SMILES string of the molecule is CCC1COC(C)CN1c1cc(OC)nc(N)n1. The van der Waals surface area contributed by atoms with Crippen molar-refractivity contribution in [3.63, 3.8) is 0 Å². The molecule has 0 amide bonds. The maximum atomic E-state index is 5.70. The van der Waals surface area contributed by atoms with E-state index in [0.717, 1.165) is 18.8 Å². The summed E-state index contributed by atoms with van der Waals surface area (Å²) in [5, 5.41) is 0. The van der Waals surface area contributed by atoms with E-state index in [9.17, 15) is 0 Å². The Morgan fingerprint density at radius 2 is 2.33 bits per heavy atom. The minimum Gasteiger partial charge on any atom is -0.481 e. The molecule has 18 heavy (non-hydrogen) atoms. The predicted octanol–water partition coefficient (Wildman–Crippen LogP) is 1.07. The summed E-state index contributed by atoms with van der Waals surface area (Å²) < 4.78 is 10.8. The molecule has 2 rings (SSSR count). The Morgan fingerprint density at radius 1 is 1.56 bits per heavy atom. The van der Waals surface area contributed by atoms with E-state index in [1.54, 1.807) is 7.11 Å². The van der Waals surface area contributed by atoms with E-state index < -0.39 is 0 Å². The summed E-state index contributed by atoms with van der Waals surface area (Å²) in [5.41, 5.74) is 5.70. The highest BCUT2D eigenvalue weighted by atomic mass is 16.5. The molecule has 1 aromatic rings. The molecule has 100 valence electrons. The molecule has 1 aliphatic heterocycles. The second-order valence-electron chi connectivity index (χ2n) is 4.49. The van der Waals surface area contributed by atoms with Crippen LogP contribution in [0.3, 0.4) is 0 Å². The third kappa shape index (κ3) is 2.64. The first-order valence-corrected chi connectivity index (χ1v) is 6.20. The van der Waals surface area contributed by atoms with Gasteiger partial charge in [0, 0.05) is 12.6 Å². The van der Waals surface area contributed by atoms with Gasteiger partial charge in [0.05, 0.1) is 25.9 Å². The van der Waals surface area contributed by atoms with Gasteiger partial charge in [0.2, 0.25) is 11.8 Å². The molecule has 1 fully saturated rings. The Morgan fingerprint density at radius 3 is 3.00 bits per heavy atom. The normalized spacial score (nSPS) is 24.1. The summed E-state index contributed by atoms with van der Waals surface area (Å²) in [6.45, 7) is 5.71. The molecular weight excluding hydrogens is 232 g/mol. The van der Waals surface area contributed by atoms with E-state index in [2.05, 4.69) is 28.7 Å². The summed E-state index contributed by atoms with van der Waals surface area (Å²) in [6, 6.07) is 2.14. The lowest BCUT2D eigenvalue weighted by atomic mass is 10.1. The molecule has 1 saturated heterocycles. The van der Waals surface area contributed by atoms with Gasteiger partial charge in [0.15, 0.2) is 0 Å². The van der Waals surface area contributed by atoms with Crippen LogP contribution in [0.4, 0.5) is 11.8 Å². The molecule has 1 aliphatic rings. The molecule has 1 aromatic heterocycles. The number of hydrogen-bond donors (Lipinski definition) is 1. The number of methoxy groups -OCH3 is 1. The van der Waals surface area contributed by atoms with Crippen molar-refractivity contribution in [2.45, 2.75) is 32.4 Å². The van der Waals surface area contributed by atoms with Gasteiger partial charge in [-0.3, -0.25) is 0 Å². The molecule has 2 heterocycles. The second-order valence-corrected chi connectivity index (χ2v) is 4.49. The zero-order valence-corrected chi connectivity index (χ0v) is 11.1. The number of hydrogen-bond acceptors (Lipinski definition) is 6. The number of nitrogens with two attached hydrogens (primary N) is 1. The van der Waals surface area contributed by atoms with Crippen LogP contribution in [0.5, 0.6) is 5.88 Å². The van der Waals surface area contributed by atoms with Crippen LogP contribution in [0, 0.1) is 0 Å². The Hall–Kier alpha value is -1.56. The predicted molar refractivity (Wildman–Crippen MR) is 69.8 cm³/mol. The van der Waals surface area contributed by atoms with Gasteiger partial charge in [-0.1, -0.05) is 6.92 Å². The van der Waals surface area contributed by atoms with Crippen LogP contribution >= 0.6 is 0 Å². The van der Waals surface area contributed by atoms with Crippen molar-refractivity contribution >= 4 is 11.8 Å². The Kier molecular flexibility index (Phi) is 3.86. The zero-order valence-electron chi connectivity index (χ0n) is 11.1. The maximum absolute atomic E-state index is 5.70. The standard InChI is InChI=1S/C12H20N4O2/c1-4-9-7-18-8(2)6-16(9)10-5-11(17-3)15-12(13)14-10/h5,8-9H,4,6-7H2,1-3H3,(H2,13,14,15). The van der Waals surface area contributed by atoms with Crippen LogP contribution < -0.4 is 15.4 Å². The van der Waals surface area contributed by atoms with Crippen LogP contribution in [-0.2, 0) is 4.74 Å². The Balaban J connectivity index is 2.29. The third-order valence-corrected chi connectivity index (χ3v) is 3.15. The average Bonchev–Trinajstić information content (AvgIpc) is 2.38. The number of anilines is 2. The smallest absolute Gasteiger partial charge is 0.225 e. The van der Waals surface area contributed by atoms with Gasteiger partial charge in [-0.05, 0) is 13.3 Å². The number of morpholine rings is 1. The minimum atomic E-state index is 0.190. The lowest BCUT2D eigenvalue weighted by Gasteiger charge is -2.39. The molecule has 0 aromatic carbocycles. The molecule has 2 N–H and O–H groups in total. The van der Waals surface area contributed by atoms with Crippen molar-refractivity contribution in [2.24, 2.45) is 0 Å². The quantitative estimate of drug-likeness (QED) is 0.867. The van der Waals surface area contributed by atoms with Gasteiger partial charge in [-0.25, -0.2) is 0 Å². The van der Waals surface area contributed by atoms with E-state index in [4.69, 9.17) is 15.2 Å². The summed E-state index contributed by atoms with van der Waals surface area (Å²) in [6.07, 6.45) is 1.19. The van der Waals surface area contributed by atoms with Crippen LogP contribution in [0.1, 0.15) is 20.3 Å². The lowest BCUT2D eigenvalue weighted by molar-refractivity contribution is 0.0296. The van der Waals surface area contributed by atoms with Crippen LogP contribution in [0.15, 0.2) is 6.07 Å². The fourth-order valence-corrected chi connectivity index (χ4v) is 2.14. The largest absolute Gasteiger partial charge is 0.481 e. The first-order valence-electron chi connectivity index (χ1n) is 6.20. The van der Waals surface area contributed by atoms with E-state index in [0.29, 0.717) is 18.5 Å². The van der Waals surface area contributed by atoms with E-state index in [1.165, 1.54) is 0 Å². The lowest BCUT2D eigenvalue weighted by Crippen LogP contribution is -2.49. The monoisotopic (exact) mass is 252 g/mol. The molecule has 0 radical (unpaired) electrons. The first kappa shape index (κ1) is 12.9. The second kappa shape index (κ2) is 5.39. The number of ether oxygens (including phenoxy) is 2. The minimum absolute atomic E-state index is 0.190. The zero-order chi connectivity index (χ0) is 13.1. The summed E-state index contributed by atoms with van der Waals surface area (Å²) in [4.78, 5) is 10.5. The summed E-state index contributed by atoms with van der Waals surface area (Å²) >= 11 is 0. The van der Waals surface area contributed by atoms with Crippen molar-refractivity contribution < 1.29 is 9.47 Å². The molecular formula is C12H20N4O2. The topological polar surface area (TPSA) is 73.5 Å². The molecule has 6 nitrogen and oxygen atoms in total. The van der Waals surface area contributed by atoms with Crippen LogP contribution in [0.25, 0.3) is 0 Å². The van der Waals surface area contributed by atoms with Gasteiger partial charge in [-0.15, -0.1) is 0 Å². The number of nitrogens with zero attached hydrogens (tertiary/aromatic N) is 3. The highest BCUT2D eigenvalue weighted by Crippen LogP contribution is 2.24. The van der Waals surface area contributed by atoms with Gasteiger partial charge in [0.1, 0.15) is 5.82 Å². The van der Waals surface area contributed by atoms with E-state index in [1.807, 2.05) is 6.07 Å². The fourth-order valence-electron chi connectivity index (χ4n) is 2.14. The van der Waals surface area contributed by atoms with Gasteiger partial charge in [0.25, 0.3) is 0 Å². The van der Waals surface area contributed by atoms with Gasteiger partial charge >= 0.3 is 0 Å². The Labute approximate surface area is 107 Å². The number of aromatic nitrogens is 2. The van der Waals surface area contributed by atoms with Crippen molar-refractivity contribution in [1.82, 2.24) is 9.97 Å². The number of nitrogen functional groups attached to an aromatic ring is 1. The van der Waals surface area contributed by atoms with Crippen molar-refractivity contribution in [2.75, 3.05) is 30.9 Å². The first-order chi connectivity index (χ1) is 8.63. The van der Waals surface area contributed by atoms with Gasteiger partial charge < -0.3 is 20.1 Å². The van der Waals surface area contributed by atoms with E-state index >= 15 is 0 Å².